The SMILES string of the molecule is O=C(O)c1ccc(OCC2CCCCCC2)nn1. The molecule has 1 aromatic rings. The molecule has 1 aliphatic carbocycles. The van der Waals surface area contributed by atoms with Crippen LogP contribution in [0.4, 0.5) is 0 Å². The molecule has 1 aromatic heterocycles. The number of hydrogen-bond acceptors (Lipinski definition) is 4. The topological polar surface area (TPSA) is 72.3 Å². The zero-order valence-electron chi connectivity index (χ0n) is 10.3. The molecule has 5 heteroatoms. The first-order chi connectivity index (χ1) is 8.75. The van der Waals surface area contributed by atoms with E-state index in [1.54, 1.807) is 6.07 Å². The van der Waals surface area contributed by atoms with Gasteiger partial charge in [0.15, 0.2) is 5.69 Å². The third kappa shape index (κ3) is 3.68. The highest BCUT2D eigenvalue weighted by molar-refractivity contribution is 5.84. The Morgan fingerprint density at radius 1 is 1.22 bits per heavy atom. The summed E-state index contributed by atoms with van der Waals surface area (Å²) >= 11 is 0. The minimum absolute atomic E-state index is 0.0585. The molecule has 0 aliphatic heterocycles. The lowest BCUT2D eigenvalue weighted by molar-refractivity contribution is 0.0689. The molecule has 2 rings (SSSR count). The highest BCUT2D eigenvalue weighted by Crippen LogP contribution is 2.23. The Bertz CT molecular complexity index is 384. The summed E-state index contributed by atoms with van der Waals surface area (Å²) in [7, 11) is 0. The van der Waals surface area contributed by atoms with Gasteiger partial charge in [0.1, 0.15) is 0 Å². The minimum Gasteiger partial charge on any atom is -0.476 e. The van der Waals surface area contributed by atoms with Crippen LogP contribution >= 0.6 is 0 Å². The first-order valence-electron chi connectivity index (χ1n) is 6.45. The molecule has 0 radical (unpaired) electrons. The van der Waals surface area contributed by atoms with Crippen molar-refractivity contribution in [2.75, 3.05) is 6.61 Å². The zero-order chi connectivity index (χ0) is 12.8. The van der Waals surface area contributed by atoms with E-state index >= 15 is 0 Å². The van der Waals surface area contributed by atoms with Crippen molar-refractivity contribution in [2.24, 2.45) is 5.92 Å². The van der Waals surface area contributed by atoms with Crippen LogP contribution in [0.25, 0.3) is 0 Å². The number of aromatic carboxylic acids is 1. The van der Waals surface area contributed by atoms with E-state index in [2.05, 4.69) is 10.2 Å². The predicted octanol–water partition coefficient (Wildman–Crippen LogP) is 2.52. The van der Waals surface area contributed by atoms with E-state index in [0.717, 1.165) is 0 Å². The molecule has 0 spiro atoms. The number of carboxylic acid groups (broad SMARTS) is 1. The summed E-state index contributed by atoms with van der Waals surface area (Å²) in [5, 5.41) is 16.0. The average molecular weight is 250 g/mol. The molecule has 18 heavy (non-hydrogen) atoms. The van der Waals surface area contributed by atoms with Crippen molar-refractivity contribution in [1.82, 2.24) is 10.2 Å². The molecule has 1 saturated carbocycles. The van der Waals surface area contributed by atoms with Crippen molar-refractivity contribution >= 4 is 5.97 Å². The lowest BCUT2D eigenvalue weighted by atomic mass is 10.0. The van der Waals surface area contributed by atoms with E-state index in [9.17, 15) is 4.79 Å². The number of aromatic nitrogens is 2. The molecule has 0 unspecified atom stereocenters. The van der Waals surface area contributed by atoms with E-state index in [1.165, 1.54) is 44.6 Å². The molecule has 1 N–H and O–H groups in total. The van der Waals surface area contributed by atoms with Crippen LogP contribution in [0.1, 0.15) is 49.0 Å². The van der Waals surface area contributed by atoms with Gasteiger partial charge in [0.2, 0.25) is 5.88 Å². The van der Waals surface area contributed by atoms with Gasteiger partial charge >= 0.3 is 5.97 Å². The fourth-order valence-electron chi connectivity index (χ4n) is 2.24. The third-order valence-electron chi connectivity index (χ3n) is 3.30. The molecular formula is C13H18N2O3. The predicted molar refractivity (Wildman–Crippen MR) is 65.7 cm³/mol. The van der Waals surface area contributed by atoms with Crippen LogP contribution < -0.4 is 4.74 Å². The molecule has 0 atom stereocenters. The van der Waals surface area contributed by atoms with Crippen molar-refractivity contribution < 1.29 is 14.6 Å². The first-order valence-corrected chi connectivity index (χ1v) is 6.45. The second-order valence-corrected chi connectivity index (χ2v) is 4.73. The summed E-state index contributed by atoms with van der Waals surface area (Å²) in [6, 6.07) is 2.98. The molecule has 98 valence electrons. The molecule has 1 heterocycles. The number of nitrogens with zero attached hydrogens (tertiary/aromatic N) is 2. The van der Waals surface area contributed by atoms with Crippen molar-refractivity contribution in [3.05, 3.63) is 17.8 Å². The lowest BCUT2D eigenvalue weighted by Gasteiger charge is -2.14. The first kappa shape index (κ1) is 12.8. The van der Waals surface area contributed by atoms with Crippen LogP contribution in [-0.4, -0.2) is 27.9 Å². The van der Waals surface area contributed by atoms with Gasteiger partial charge in [-0.3, -0.25) is 0 Å². The molecule has 1 fully saturated rings. The van der Waals surface area contributed by atoms with Gasteiger partial charge in [-0.05, 0) is 24.8 Å². The Balaban J connectivity index is 1.83. The molecule has 0 bridgehead atoms. The summed E-state index contributed by atoms with van der Waals surface area (Å²) < 4.78 is 5.57. The van der Waals surface area contributed by atoms with Gasteiger partial charge in [0, 0.05) is 6.07 Å². The number of carbonyl (C=O) groups is 1. The van der Waals surface area contributed by atoms with Crippen molar-refractivity contribution in [3.63, 3.8) is 0 Å². The molecule has 0 aromatic carbocycles. The second kappa shape index (κ2) is 6.33. The minimum atomic E-state index is -1.07. The number of ether oxygens (including phenoxy) is 1. The maximum Gasteiger partial charge on any atom is 0.356 e. The molecule has 0 saturated heterocycles. The summed E-state index contributed by atoms with van der Waals surface area (Å²) in [6.07, 6.45) is 7.61. The standard InChI is InChI=1S/C13H18N2O3/c16-13(17)11-7-8-12(15-14-11)18-9-10-5-3-1-2-4-6-10/h7-8,10H,1-6,9H2,(H,16,17). The maximum absolute atomic E-state index is 10.6. The quantitative estimate of drug-likeness (QED) is 0.831. The van der Waals surface area contributed by atoms with Gasteiger partial charge in [0.25, 0.3) is 0 Å². The van der Waals surface area contributed by atoms with Crippen LogP contribution in [0.5, 0.6) is 5.88 Å². The monoisotopic (exact) mass is 250 g/mol. The van der Waals surface area contributed by atoms with Crippen molar-refractivity contribution in [3.8, 4) is 5.88 Å². The van der Waals surface area contributed by atoms with Crippen molar-refractivity contribution in [1.29, 1.82) is 0 Å². The normalized spacial score (nSPS) is 17.1. The van der Waals surface area contributed by atoms with Crippen LogP contribution in [0.2, 0.25) is 0 Å². The fourth-order valence-corrected chi connectivity index (χ4v) is 2.24. The average Bonchev–Trinajstić information content (AvgIpc) is 2.65. The highest BCUT2D eigenvalue weighted by atomic mass is 16.5. The molecular weight excluding hydrogens is 232 g/mol. The van der Waals surface area contributed by atoms with Gasteiger partial charge in [-0.2, -0.15) is 0 Å². The van der Waals surface area contributed by atoms with E-state index in [0.29, 0.717) is 18.4 Å². The summed E-state index contributed by atoms with van der Waals surface area (Å²) in [6.45, 7) is 0.654. The highest BCUT2D eigenvalue weighted by Gasteiger charge is 2.13. The number of carboxylic acids is 1. The van der Waals surface area contributed by atoms with Crippen molar-refractivity contribution in [2.45, 2.75) is 38.5 Å². The Kier molecular flexibility index (Phi) is 4.50. The molecule has 5 nitrogen and oxygen atoms in total. The smallest absolute Gasteiger partial charge is 0.356 e. The third-order valence-corrected chi connectivity index (χ3v) is 3.30. The Morgan fingerprint density at radius 3 is 2.50 bits per heavy atom. The lowest BCUT2D eigenvalue weighted by Crippen LogP contribution is -2.12. The van der Waals surface area contributed by atoms with Gasteiger partial charge in [-0.25, -0.2) is 4.79 Å². The fraction of sp³-hybridized carbons (Fsp3) is 0.615. The van der Waals surface area contributed by atoms with E-state index < -0.39 is 5.97 Å². The van der Waals surface area contributed by atoms with E-state index in [4.69, 9.17) is 9.84 Å². The summed E-state index contributed by atoms with van der Waals surface area (Å²) in [5.41, 5.74) is -0.0585. The number of hydrogen-bond donors (Lipinski definition) is 1. The van der Waals surface area contributed by atoms with Gasteiger partial charge in [-0.15, -0.1) is 10.2 Å². The zero-order valence-corrected chi connectivity index (χ0v) is 10.3. The largest absolute Gasteiger partial charge is 0.476 e. The van der Waals surface area contributed by atoms with Crippen LogP contribution in [-0.2, 0) is 0 Å². The van der Waals surface area contributed by atoms with Gasteiger partial charge in [-0.1, -0.05) is 25.7 Å². The summed E-state index contributed by atoms with van der Waals surface area (Å²) in [5.74, 6) is -0.0736. The molecule has 1 aliphatic rings. The maximum atomic E-state index is 10.6. The second-order valence-electron chi connectivity index (χ2n) is 4.73. The van der Waals surface area contributed by atoms with E-state index in [1.807, 2.05) is 0 Å². The molecule has 0 amide bonds. The van der Waals surface area contributed by atoms with E-state index in [-0.39, 0.29) is 5.69 Å². The Labute approximate surface area is 106 Å². The Hall–Kier alpha value is -1.65. The number of rotatable bonds is 4. The van der Waals surface area contributed by atoms with Crippen LogP contribution in [0, 0.1) is 5.92 Å². The van der Waals surface area contributed by atoms with Gasteiger partial charge in [0.05, 0.1) is 6.61 Å². The Morgan fingerprint density at radius 2 is 1.94 bits per heavy atom. The van der Waals surface area contributed by atoms with Crippen LogP contribution in [0.15, 0.2) is 12.1 Å². The summed E-state index contributed by atoms with van der Waals surface area (Å²) in [4.78, 5) is 10.6. The van der Waals surface area contributed by atoms with Gasteiger partial charge < -0.3 is 9.84 Å². The van der Waals surface area contributed by atoms with Crippen LogP contribution in [0.3, 0.4) is 0 Å².